The van der Waals surface area contributed by atoms with Gasteiger partial charge in [-0.1, -0.05) is 13.3 Å². The van der Waals surface area contributed by atoms with Crippen LogP contribution in [0.3, 0.4) is 0 Å². The van der Waals surface area contributed by atoms with Crippen LogP contribution in [0.2, 0.25) is 0 Å². The summed E-state index contributed by atoms with van der Waals surface area (Å²) in [7, 11) is 1.74. The highest BCUT2D eigenvalue weighted by Crippen LogP contribution is 1.92. The Balaban J connectivity index is 2.45. The van der Waals surface area contributed by atoms with Gasteiger partial charge in [-0.3, -0.25) is 0 Å². The second-order valence-corrected chi connectivity index (χ2v) is 3.20. The largest absolute Gasteiger partial charge is 0.384 e. The highest BCUT2D eigenvalue weighted by atomic mass is 16.5. The molecule has 13 heavy (non-hydrogen) atoms. The first-order valence-corrected chi connectivity index (χ1v) is 4.93. The summed E-state index contributed by atoms with van der Waals surface area (Å²) in [6.45, 7) is 4.10. The Morgan fingerprint density at radius 2 is 2.38 bits per heavy atom. The lowest BCUT2D eigenvalue weighted by Crippen LogP contribution is -2.36. The van der Waals surface area contributed by atoms with Gasteiger partial charge in [-0.25, -0.2) is 9.55 Å². The molecule has 1 rings (SSSR count). The zero-order chi connectivity index (χ0) is 9.52. The molecule has 1 N–H and O–H groups in total. The highest BCUT2D eigenvalue weighted by Gasteiger charge is 2.08. The minimum Gasteiger partial charge on any atom is -0.384 e. The monoisotopic (exact) mass is 183 g/mol. The summed E-state index contributed by atoms with van der Waals surface area (Å²) in [4.78, 5) is 3.23. The van der Waals surface area contributed by atoms with Gasteiger partial charge in [0.05, 0.1) is 19.6 Å². The third kappa shape index (κ3) is 3.19. The van der Waals surface area contributed by atoms with E-state index in [9.17, 15) is 0 Å². The van der Waals surface area contributed by atoms with E-state index in [2.05, 4.69) is 22.7 Å². The van der Waals surface area contributed by atoms with Gasteiger partial charge in [0.25, 0.3) is 5.82 Å². The van der Waals surface area contributed by atoms with E-state index in [4.69, 9.17) is 4.74 Å². The fourth-order valence-electron chi connectivity index (χ4n) is 1.35. The predicted octanol–water partition coefficient (Wildman–Crippen LogP) is 1.29. The molecule has 3 nitrogen and oxygen atoms in total. The first-order valence-electron chi connectivity index (χ1n) is 4.93. The third-order valence-electron chi connectivity index (χ3n) is 2.15. The van der Waals surface area contributed by atoms with Crippen LogP contribution >= 0.6 is 0 Å². The van der Waals surface area contributed by atoms with Crippen molar-refractivity contribution >= 4 is 0 Å². The molecule has 0 radical (unpaired) electrons. The van der Waals surface area contributed by atoms with Gasteiger partial charge in [-0.15, -0.1) is 0 Å². The smallest absolute Gasteiger partial charge is 0.256 e. The second-order valence-electron chi connectivity index (χ2n) is 3.20. The number of nitrogens with zero attached hydrogens (tertiary/aromatic N) is 1. The zero-order valence-electron chi connectivity index (χ0n) is 8.55. The van der Waals surface area contributed by atoms with Crippen LogP contribution in [0.25, 0.3) is 0 Å². The highest BCUT2D eigenvalue weighted by molar-refractivity contribution is 4.77. The molecule has 0 saturated carbocycles. The fourth-order valence-corrected chi connectivity index (χ4v) is 1.35. The maximum absolute atomic E-state index is 5.04. The molecule has 1 aromatic rings. The number of hydrogen-bond donors (Lipinski definition) is 1. The van der Waals surface area contributed by atoms with Crippen molar-refractivity contribution in [3.8, 4) is 0 Å². The Hall–Kier alpha value is -0.830. The van der Waals surface area contributed by atoms with Crippen molar-refractivity contribution < 1.29 is 9.30 Å². The lowest BCUT2D eigenvalue weighted by Gasteiger charge is -1.99. The molecule has 0 saturated heterocycles. The summed E-state index contributed by atoms with van der Waals surface area (Å²) in [6, 6.07) is 0. The van der Waals surface area contributed by atoms with E-state index in [1.807, 2.05) is 6.20 Å². The van der Waals surface area contributed by atoms with Crippen molar-refractivity contribution in [1.29, 1.82) is 0 Å². The summed E-state index contributed by atoms with van der Waals surface area (Å²) in [5, 5.41) is 0. The number of nitrogens with one attached hydrogen (secondary N) is 1. The molecule has 0 aliphatic rings. The van der Waals surface area contributed by atoms with Crippen molar-refractivity contribution in [3.63, 3.8) is 0 Å². The fraction of sp³-hybridized carbons (Fsp3) is 0.700. The molecule has 0 aliphatic heterocycles. The van der Waals surface area contributed by atoms with Gasteiger partial charge in [0.1, 0.15) is 12.4 Å². The molecule has 0 atom stereocenters. The van der Waals surface area contributed by atoms with Crippen LogP contribution in [0.4, 0.5) is 0 Å². The van der Waals surface area contributed by atoms with Crippen molar-refractivity contribution in [2.45, 2.75) is 32.7 Å². The zero-order valence-corrected chi connectivity index (χ0v) is 8.55. The number of aryl methyl sites for hydroxylation is 1. The van der Waals surface area contributed by atoms with Crippen LogP contribution in [0.1, 0.15) is 25.6 Å². The quantitative estimate of drug-likeness (QED) is 0.661. The summed E-state index contributed by atoms with van der Waals surface area (Å²) in [5.74, 6) is 1.26. The number of imidazole rings is 1. The van der Waals surface area contributed by atoms with Crippen LogP contribution in [0.5, 0.6) is 0 Å². The van der Waals surface area contributed by atoms with Crippen LogP contribution in [-0.4, -0.2) is 18.7 Å². The molecule has 3 heteroatoms. The van der Waals surface area contributed by atoms with E-state index in [1.54, 1.807) is 7.11 Å². The van der Waals surface area contributed by atoms with Gasteiger partial charge >= 0.3 is 0 Å². The average Bonchev–Trinajstić information content (AvgIpc) is 2.59. The molecular formula is C10H19N2O+. The predicted molar refractivity (Wildman–Crippen MR) is 51.5 cm³/mol. The molecular weight excluding hydrogens is 164 g/mol. The van der Waals surface area contributed by atoms with Gasteiger partial charge in [0.2, 0.25) is 0 Å². The minimum absolute atomic E-state index is 0.784. The lowest BCUT2D eigenvalue weighted by atomic mass is 10.3. The normalized spacial score (nSPS) is 10.6. The maximum atomic E-state index is 5.04. The van der Waals surface area contributed by atoms with Gasteiger partial charge in [0, 0.05) is 7.11 Å². The molecule has 0 unspecified atom stereocenters. The second kappa shape index (κ2) is 5.75. The first kappa shape index (κ1) is 10.3. The SMILES string of the molecule is CCCC[n+]1cc[nH]c1CCOC. The molecule has 0 amide bonds. The molecule has 0 aliphatic carbocycles. The van der Waals surface area contributed by atoms with E-state index >= 15 is 0 Å². The molecule has 0 bridgehead atoms. The number of rotatable bonds is 6. The number of unbranched alkanes of at least 4 members (excludes halogenated alkanes) is 1. The number of aromatic nitrogens is 2. The van der Waals surface area contributed by atoms with Crippen LogP contribution < -0.4 is 4.57 Å². The Morgan fingerprint density at radius 3 is 3.08 bits per heavy atom. The number of aromatic amines is 1. The van der Waals surface area contributed by atoms with Crippen LogP contribution in [0, 0.1) is 0 Å². The lowest BCUT2D eigenvalue weighted by molar-refractivity contribution is -0.703. The Labute approximate surface area is 79.7 Å². The molecule has 1 aromatic heterocycles. The molecule has 0 spiro atoms. The van der Waals surface area contributed by atoms with E-state index in [0.717, 1.165) is 19.6 Å². The minimum atomic E-state index is 0.784. The van der Waals surface area contributed by atoms with Crippen molar-refractivity contribution in [3.05, 3.63) is 18.2 Å². The topological polar surface area (TPSA) is 28.9 Å². The van der Waals surface area contributed by atoms with E-state index in [-0.39, 0.29) is 0 Å². The standard InChI is InChI=1S/C10H18N2O/c1-3-4-7-12-8-6-11-10(12)5-9-13-2/h6,8H,3-5,7,9H2,1-2H3/p+1. The van der Waals surface area contributed by atoms with Crippen LogP contribution in [0.15, 0.2) is 12.4 Å². The Kier molecular flexibility index (Phi) is 4.54. The van der Waals surface area contributed by atoms with Gasteiger partial charge < -0.3 is 4.74 Å². The van der Waals surface area contributed by atoms with Gasteiger partial charge in [0.15, 0.2) is 0 Å². The molecule has 74 valence electrons. The summed E-state index contributed by atoms with van der Waals surface area (Å²) in [5.41, 5.74) is 0. The number of hydrogen-bond acceptors (Lipinski definition) is 1. The van der Waals surface area contributed by atoms with E-state index < -0.39 is 0 Å². The number of ether oxygens (including phenoxy) is 1. The summed E-state index contributed by atoms with van der Waals surface area (Å²) < 4.78 is 7.31. The molecule has 0 fully saturated rings. The maximum Gasteiger partial charge on any atom is 0.256 e. The average molecular weight is 183 g/mol. The molecule has 0 aromatic carbocycles. The summed E-state index contributed by atoms with van der Waals surface area (Å²) in [6.07, 6.45) is 7.53. The van der Waals surface area contributed by atoms with Gasteiger partial charge in [-0.2, -0.15) is 0 Å². The Bertz CT molecular complexity index is 210. The number of H-pyrrole nitrogens is 1. The van der Waals surface area contributed by atoms with Crippen molar-refractivity contribution in [2.24, 2.45) is 0 Å². The van der Waals surface area contributed by atoms with Crippen LogP contribution in [-0.2, 0) is 17.7 Å². The number of methoxy groups -OCH3 is 1. The Morgan fingerprint density at radius 1 is 1.54 bits per heavy atom. The third-order valence-corrected chi connectivity index (χ3v) is 2.15. The van der Waals surface area contributed by atoms with E-state index in [0.29, 0.717) is 0 Å². The van der Waals surface area contributed by atoms with Crippen molar-refractivity contribution in [2.75, 3.05) is 13.7 Å². The first-order chi connectivity index (χ1) is 6.38. The molecule has 1 heterocycles. The van der Waals surface area contributed by atoms with E-state index in [1.165, 1.54) is 18.7 Å². The van der Waals surface area contributed by atoms with Gasteiger partial charge in [-0.05, 0) is 6.42 Å². The summed E-state index contributed by atoms with van der Waals surface area (Å²) >= 11 is 0. The van der Waals surface area contributed by atoms with Crippen molar-refractivity contribution in [1.82, 2.24) is 4.98 Å².